The van der Waals surface area contributed by atoms with Crippen molar-refractivity contribution < 1.29 is 4.74 Å². The molecule has 1 aromatic rings. The maximum absolute atomic E-state index is 5.17. The van der Waals surface area contributed by atoms with Gasteiger partial charge >= 0.3 is 0 Å². The predicted molar refractivity (Wildman–Crippen MR) is 80.7 cm³/mol. The molecule has 19 heavy (non-hydrogen) atoms. The van der Waals surface area contributed by atoms with E-state index in [2.05, 4.69) is 55.0 Å². The summed E-state index contributed by atoms with van der Waals surface area (Å²) >= 11 is 0. The number of methoxy groups -OCH3 is 1. The van der Waals surface area contributed by atoms with Crippen molar-refractivity contribution in [3.05, 3.63) is 24.0 Å². The molecular formula is C15H27N3O. The van der Waals surface area contributed by atoms with Crippen molar-refractivity contribution >= 4 is 5.69 Å². The fourth-order valence-corrected chi connectivity index (χ4v) is 2.11. The third-order valence-corrected chi connectivity index (χ3v) is 3.22. The first-order valence-electron chi connectivity index (χ1n) is 7.05. The molecule has 0 radical (unpaired) electrons. The standard InChI is InChI=1S/C15H27N3O/c1-6-16-13(4)15-8-7-14(11-17-15)18(12(2)3)9-10-19-5/h7-8,11-13,16H,6,9-10H2,1-5H3. The lowest BCUT2D eigenvalue weighted by molar-refractivity contribution is 0.204. The van der Waals surface area contributed by atoms with Crippen LogP contribution in [0.5, 0.6) is 0 Å². The minimum absolute atomic E-state index is 0.297. The second-order valence-electron chi connectivity index (χ2n) is 5.00. The van der Waals surface area contributed by atoms with Crippen molar-refractivity contribution in [2.24, 2.45) is 0 Å². The van der Waals surface area contributed by atoms with Crippen molar-refractivity contribution in [3.63, 3.8) is 0 Å². The van der Waals surface area contributed by atoms with Crippen LogP contribution in [0.1, 0.15) is 39.4 Å². The van der Waals surface area contributed by atoms with Gasteiger partial charge in [-0.1, -0.05) is 6.92 Å². The Morgan fingerprint density at radius 3 is 2.53 bits per heavy atom. The smallest absolute Gasteiger partial charge is 0.0637 e. The average molecular weight is 265 g/mol. The fraction of sp³-hybridized carbons (Fsp3) is 0.667. The fourth-order valence-electron chi connectivity index (χ4n) is 2.11. The summed E-state index contributed by atoms with van der Waals surface area (Å²) < 4.78 is 5.17. The van der Waals surface area contributed by atoms with Gasteiger partial charge in [-0.05, 0) is 39.4 Å². The first kappa shape index (κ1) is 15.9. The molecule has 0 saturated carbocycles. The highest BCUT2D eigenvalue weighted by atomic mass is 16.5. The molecule has 0 amide bonds. The highest BCUT2D eigenvalue weighted by molar-refractivity contribution is 5.45. The molecule has 4 heteroatoms. The lowest BCUT2D eigenvalue weighted by atomic mass is 10.2. The van der Waals surface area contributed by atoms with E-state index in [-0.39, 0.29) is 0 Å². The second-order valence-corrected chi connectivity index (χ2v) is 5.00. The van der Waals surface area contributed by atoms with Crippen LogP contribution in [0.3, 0.4) is 0 Å². The summed E-state index contributed by atoms with van der Waals surface area (Å²) in [6, 6.07) is 4.98. The van der Waals surface area contributed by atoms with Gasteiger partial charge in [-0.3, -0.25) is 4.98 Å². The van der Waals surface area contributed by atoms with Crippen molar-refractivity contribution in [2.45, 2.75) is 39.8 Å². The van der Waals surface area contributed by atoms with Crippen LogP contribution < -0.4 is 10.2 Å². The Bertz CT molecular complexity index is 351. The maximum Gasteiger partial charge on any atom is 0.0637 e. The average Bonchev–Trinajstić information content (AvgIpc) is 2.40. The van der Waals surface area contributed by atoms with Crippen LogP contribution in [-0.4, -0.2) is 37.8 Å². The summed E-state index contributed by atoms with van der Waals surface area (Å²) in [5.41, 5.74) is 2.24. The topological polar surface area (TPSA) is 37.4 Å². The van der Waals surface area contributed by atoms with Crippen LogP contribution in [0.15, 0.2) is 18.3 Å². The minimum atomic E-state index is 0.297. The van der Waals surface area contributed by atoms with E-state index in [9.17, 15) is 0 Å². The molecule has 0 aliphatic rings. The van der Waals surface area contributed by atoms with E-state index in [1.54, 1.807) is 7.11 Å². The summed E-state index contributed by atoms with van der Waals surface area (Å²) in [7, 11) is 1.73. The highest BCUT2D eigenvalue weighted by Crippen LogP contribution is 2.18. The van der Waals surface area contributed by atoms with Gasteiger partial charge < -0.3 is 15.0 Å². The van der Waals surface area contributed by atoms with Gasteiger partial charge in [0.05, 0.1) is 24.2 Å². The molecule has 1 atom stereocenters. The number of aromatic nitrogens is 1. The molecule has 0 bridgehead atoms. The summed E-state index contributed by atoms with van der Waals surface area (Å²) in [6.07, 6.45) is 1.96. The Kier molecular flexibility index (Phi) is 6.81. The largest absolute Gasteiger partial charge is 0.383 e. The van der Waals surface area contributed by atoms with E-state index in [4.69, 9.17) is 4.74 Å². The third-order valence-electron chi connectivity index (χ3n) is 3.22. The molecule has 4 nitrogen and oxygen atoms in total. The molecule has 1 heterocycles. The molecular weight excluding hydrogens is 238 g/mol. The molecule has 0 fully saturated rings. The Labute approximate surface area is 117 Å². The molecule has 1 N–H and O–H groups in total. The third kappa shape index (κ3) is 4.80. The Morgan fingerprint density at radius 1 is 1.32 bits per heavy atom. The van der Waals surface area contributed by atoms with Gasteiger partial charge in [0.15, 0.2) is 0 Å². The van der Waals surface area contributed by atoms with Crippen molar-refractivity contribution in [3.8, 4) is 0 Å². The van der Waals surface area contributed by atoms with Crippen LogP contribution >= 0.6 is 0 Å². The number of nitrogens with one attached hydrogen (secondary N) is 1. The van der Waals surface area contributed by atoms with E-state index in [1.807, 2.05) is 6.20 Å². The molecule has 0 aliphatic carbocycles. The number of nitrogens with zero attached hydrogens (tertiary/aromatic N) is 2. The lowest BCUT2D eigenvalue weighted by Gasteiger charge is -2.28. The van der Waals surface area contributed by atoms with E-state index in [0.29, 0.717) is 12.1 Å². The highest BCUT2D eigenvalue weighted by Gasteiger charge is 2.12. The zero-order chi connectivity index (χ0) is 14.3. The van der Waals surface area contributed by atoms with Crippen LogP contribution in [0.25, 0.3) is 0 Å². The molecule has 108 valence electrons. The summed E-state index contributed by atoms with van der Waals surface area (Å²) in [5, 5.41) is 3.37. The molecule has 1 unspecified atom stereocenters. The minimum Gasteiger partial charge on any atom is -0.383 e. The summed E-state index contributed by atoms with van der Waals surface area (Å²) in [5.74, 6) is 0. The van der Waals surface area contributed by atoms with E-state index in [1.165, 1.54) is 0 Å². The van der Waals surface area contributed by atoms with Crippen LogP contribution in [0.4, 0.5) is 5.69 Å². The summed E-state index contributed by atoms with van der Waals surface area (Å²) in [4.78, 5) is 6.87. The number of pyridine rings is 1. The van der Waals surface area contributed by atoms with Gasteiger partial charge in [-0.25, -0.2) is 0 Å². The molecule has 1 rings (SSSR count). The van der Waals surface area contributed by atoms with Crippen molar-refractivity contribution in [1.29, 1.82) is 0 Å². The predicted octanol–water partition coefficient (Wildman–Crippen LogP) is 2.61. The van der Waals surface area contributed by atoms with E-state index >= 15 is 0 Å². The van der Waals surface area contributed by atoms with Gasteiger partial charge in [0.1, 0.15) is 0 Å². The van der Waals surface area contributed by atoms with Gasteiger partial charge in [0.25, 0.3) is 0 Å². The normalized spacial score (nSPS) is 12.7. The zero-order valence-electron chi connectivity index (χ0n) is 12.8. The lowest BCUT2D eigenvalue weighted by Crippen LogP contribution is -2.34. The molecule has 0 saturated heterocycles. The number of hydrogen-bond donors (Lipinski definition) is 1. The molecule has 0 aromatic carbocycles. The molecule has 0 aliphatic heterocycles. The first-order valence-corrected chi connectivity index (χ1v) is 7.05. The Hall–Kier alpha value is -1.13. The van der Waals surface area contributed by atoms with Gasteiger partial charge in [0.2, 0.25) is 0 Å². The van der Waals surface area contributed by atoms with Gasteiger partial charge in [0, 0.05) is 25.7 Å². The number of hydrogen-bond acceptors (Lipinski definition) is 4. The quantitative estimate of drug-likeness (QED) is 0.784. The van der Waals surface area contributed by atoms with Crippen LogP contribution in [0.2, 0.25) is 0 Å². The maximum atomic E-state index is 5.17. The van der Waals surface area contributed by atoms with Crippen molar-refractivity contribution in [1.82, 2.24) is 10.3 Å². The molecule has 0 spiro atoms. The molecule has 1 aromatic heterocycles. The van der Waals surface area contributed by atoms with E-state index < -0.39 is 0 Å². The van der Waals surface area contributed by atoms with Crippen molar-refractivity contribution in [2.75, 3.05) is 31.7 Å². The van der Waals surface area contributed by atoms with Crippen LogP contribution in [0, 0.1) is 0 Å². The Morgan fingerprint density at radius 2 is 2.05 bits per heavy atom. The number of rotatable bonds is 8. The van der Waals surface area contributed by atoms with Gasteiger partial charge in [-0.2, -0.15) is 0 Å². The number of ether oxygens (including phenoxy) is 1. The zero-order valence-corrected chi connectivity index (χ0v) is 12.8. The monoisotopic (exact) mass is 265 g/mol. The number of anilines is 1. The second kappa shape index (κ2) is 8.12. The van der Waals surface area contributed by atoms with Gasteiger partial charge in [-0.15, -0.1) is 0 Å². The van der Waals surface area contributed by atoms with Crippen LogP contribution in [-0.2, 0) is 4.74 Å². The summed E-state index contributed by atoms with van der Waals surface area (Å²) in [6.45, 7) is 11.2. The van der Waals surface area contributed by atoms with E-state index in [0.717, 1.165) is 31.1 Å². The first-order chi connectivity index (χ1) is 9.10. The SMILES string of the molecule is CCNC(C)c1ccc(N(CCOC)C(C)C)cn1. The Balaban J connectivity index is 2.77.